The number of aliphatic hydroxyl groups is 1. The molecule has 0 radical (unpaired) electrons. The molecule has 0 spiro atoms. The molecule has 3 aromatic heterocycles. The number of hydrogen-bond acceptors (Lipinski definition) is 6. The number of rotatable bonds is 4. The van der Waals surface area contributed by atoms with Crippen molar-refractivity contribution in [3.05, 3.63) is 71.3 Å². The van der Waals surface area contributed by atoms with E-state index in [9.17, 15) is 15.2 Å². The lowest BCUT2D eigenvalue weighted by Crippen LogP contribution is -2.42. The minimum Gasteiger partial charge on any atom is -0.390 e. The Labute approximate surface area is 209 Å². The molecule has 1 amide bonds. The molecule has 0 aliphatic heterocycles. The molecule has 0 bridgehead atoms. The Morgan fingerprint density at radius 3 is 2.53 bits per heavy atom. The lowest BCUT2D eigenvalue weighted by molar-refractivity contribution is 0.0140. The van der Waals surface area contributed by atoms with Gasteiger partial charge in [0.1, 0.15) is 11.4 Å². The number of aryl methyl sites for hydroxylation is 2. The minimum atomic E-state index is -0.662. The average molecular weight is 481 g/mol. The number of nitrogens with zero attached hydrogens (tertiary/aromatic N) is 5. The highest BCUT2D eigenvalue weighted by atomic mass is 16.3. The summed E-state index contributed by atoms with van der Waals surface area (Å²) in [6.07, 6.45) is 4.51. The van der Waals surface area contributed by atoms with Crippen LogP contribution in [0.3, 0.4) is 0 Å². The molecule has 8 heteroatoms. The summed E-state index contributed by atoms with van der Waals surface area (Å²) in [5.41, 5.74) is 5.61. The molecule has 3 heterocycles. The van der Waals surface area contributed by atoms with E-state index in [0.29, 0.717) is 35.4 Å². The molecule has 0 saturated heterocycles. The van der Waals surface area contributed by atoms with E-state index >= 15 is 0 Å². The smallest absolute Gasteiger partial charge is 0.270 e. The van der Waals surface area contributed by atoms with Gasteiger partial charge in [0, 0.05) is 29.2 Å². The molecule has 1 aliphatic rings. The van der Waals surface area contributed by atoms with Crippen molar-refractivity contribution in [2.45, 2.75) is 58.1 Å². The van der Waals surface area contributed by atoms with Crippen LogP contribution in [-0.2, 0) is 0 Å². The molecular formula is C28H28N6O2. The van der Waals surface area contributed by atoms with Crippen LogP contribution in [0, 0.1) is 25.2 Å². The molecule has 182 valence electrons. The van der Waals surface area contributed by atoms with Gasteiger partial charge in [-0.1, -0.05) is 12.1 Å². The van der Waals surface area contributed by atoms with Gasteiger partial charge >= 0.3 is 0 Å². The summed E-state index contributed by atoms with van der Waals surface area (Å²) in [6, 6.07) is 15.1. The van der Waals surface area contributed by atoms with Gasteiger partial charge in [-0.05, 0) is 82.3 Å². The first kappa shape index (κ1) is 23.6. The predicted molar refractivity (Wildman–Crippen MR) is 136 cm³/mol. The van der Waals surface area contributed by atoms with Gasteiger partial charge in [-0.3, -0.25) is 9.78 Å². The van der Waals surface area contributed by atoms with Crippen molar-refractivity contribution in [2.24, 2.45) is 0 Å². The van der Waals surface area contributed by atoms with E-state index in [-0.39, 0.29) is 11.9 Å². The first-order chi connectivity index (χ1) is 17.2. The number of amides is 1. The Balaban J connectivity index is 1.59. The van der Waals surface area contributed by atoms with Crippen LogP contribution in [0.2, 0.25) is 0 Å². The molecular weight excluding hydrogens is 452 g/mol. The molecule has 1 saturated carbocycles. The van der Waals surface area contributed by atoms with Gasteiger partial charge in [-0.2, -0.15) is 10.4 Å². The molecule has 0 atom stereocenters. The SMILES string of the molecule is Cc1cc(-c2c(-c3cccc(C#N)c3)nn3ccc(C(=O)NC4CCC(C)(O)CC4)nc23)cc(C)n1. The summed E-state index contributed by atoms with van der Waals surface area (Å²) < 4.78 is 1.67. The van der Waals surface area contributed by atoms with E-state index in [1.165, 1.54) is 0 Å². The minimum absolute atomic E-state index is 0.00918. The zero-order valence-corrected chi connectivity index (χ0v) is 20.6. The maximum atomic E-state index is 13.1. The van der Waals surface area contributed by atoms with E-state index in [0.717, 1.165) is 40.9 Å². The van der Waals surface area contributed by atoms with Gasteiger partial charge in [-0.15, -0.1) is 0 Å². The van der Waals surface area contributed by atoms with Crippen LogP contribution in [0.15, 0.2) is 48.7 Å². The van der Waals surface area contributed by atoms with Gasteiger partial charge in [0.2, 0.25) is 0 Å². The number of benzene rings is 1. The fraction of sp³-hybridized carbons (Fsp3) is 0.321. The van der Waals surface area contributed by atoms with E-state index in [1.807, 2.05) is 45.0 Å². The first-order valence-electron chi connectivity index (χ1n) is 12.1. The third kappa shape index (κ3) is 4.70. The average Bonchev–Trinajstić information content (AvgIpc) is 3.23. The highest BCUT2D eigenvalue weighted by Crippen LogP contribution is 2.35. The van der Waals surface area contributed by atoms with E-state index < -0.39 is 5.60 Å². The van der Waals surface area contributed by atoms with Crippen LogP contribution in [0.25, 0.3) is 28.0 Å². The highest BCUT2D eigenvalue weighted by Gasteiger charge is 2.30. The fourth-order valence-electron chi connectivity index (χ4n) is 4.88. The molecule has 1 aromatic carbocycles. The number of pyridine rings is 1. The second-order valence-corrected chi connectivity index (χ2v) is 9.88. The Hall–Kier alpha value is -4.09. The third-order valence-corrected chi connectivity index (χ3v) is 6.75. The molecule has 1 fully saturated rings. The van der Waals surface area contributed by atoms with Crippen molar-refractivity contribution < 1.29 is 9.90 Å². The van der Waals surface area contributed by atoms with Gasteiger partial charge in [0.05, 0.1) is 22.8 Å². The quantitative estimate of drug-likeness (QED) is 0.448. The predicted octanol–water partition coefficient (Wildman–Crippen LogP) is 4.37. The van der Waals surface area contributed by atoms with Crippen LogP contribution in [0.5, 0.6) is 0 Å². The van der Waals surface area contributed by atoms with E-state index in [2.05, 4.69) is 16.4 Å². The Morgan fingerprint density at radius 2 is 1.83 bits per heavy atom. The highest BCUT2D eigenvalue weighted by molar-refractivity contribution is 5.95. The maximum Gasteiger partial charge on any atom is 0.270 e. The van der Waals surface area contributed by atoms with Crippen LogP contribution in [0.1, 0.15) is 60.0 Å². The Bertz CT molecular complexity index is 1480. The fourth-order valence-corrected chi connectivity index (χ4v) is 4.88. The number of nitriles is 1. The van der Waals surface area contributed by atoms with E-state index in [4.69, 9.17) is 10.1 Å². The van der Waals surface area contributed by atoms with Gasteiger partial charge in [0.25, 0.3) is 5.91 Å². The molecule has 8 nitrogen and oxygen atoms in total. The third-order valence-electron chi connectivity index (χ3n) is 6.75. The molecule has 5 rings (SSSR count). The van der Waals surface area contributed by atoms with E-state index in [1.54, 1.807) is 28.9 Å². The summed E-state index contributed by atoms with van der Waals surface area (Å²) in [7, 11) is 0. The summed E-state index contributed by atoms with van der Waals surface area (Å²) in [5, 5.41) is 27.5. The maximum absolute atomic E-state index is 13.1. The number of carbonyl (C=O) groups is 1. The first-order valence-corrected chi connectivity index (χ1v) is 12.1. The molecule has 2 N–H and O–H groups in total. The zero-order chi connectivity index (χ0) is 25.4. The second kappa shape index (κ2) is 9.17. The van der Waals surface area contributed by atoms with Crippen LogP contribution >= 0.6 is 0 Å². The van der Waals surface area contributed by atoms with Crippen molar-refractivity contribution in [1.82, 2.24) is 24.9 Å². The lowest BCUT2D eigenvalue weighted by Gasteiger charge is -2.33. The monoisotopic (exact) mass is 480 g/mol. The number of aromatic nitrogens is 4. The van der Waals surface area contributed by atoms with Crippen molar-refractivity contribution in [3.8, 4) is 28.5 Å². The van der Waals surface area contributed by atoms with Crippen molar-refractivity contribution in [2.75, 3.05) is 0 Å². The van der Waals surface area contributed by atoms with Gasteiger partial charge in [-0.25, -0.2) is 9.50 Å². The number of fused-ring (bicyclic) bond motifs is 1. The number of carbonyl (C=O) groups excluding carboxylic acids is 1. The van der Waals surface area contributed by atoms with Gasteiger partial charge in [0.15, 0.2) is 5.65 Å². The molecule has 0 unspecified atom stereocenters. The molecule has 4 aromatic rings. The zero-order valence-electron chi connectivity index (χ0n) is 20.6. The normalized spacial score (nSPS) is 19.7. The summed E-state index contributed by atoms with van der Waals surface area (Å²) in [6.45, 7) is 5.71. The summed E-state index contributed by atoms with van der Waals surface area (Å²) >= 11 is 0. The number of hydrogen-bond donors (Lipinski definition) is 2. The number of nitrogens with one attached hydrogen (secondary N) is 1. The van der Waals surface area contributed by atoms with Crippen LogP contribution in [0.4, 0.5) is 0 Å². The topological polar surface area (TPSA) is 116 Å². The standard InChI is InChI=1S/C28H28N6O2/c1-17-13-21(14-18(2)30-17)24-25(20-6-4-5-19(15-20)16-29)33-34-12-9-23(32-26(24)34)27(35)31-22-7-10-28(3,36)11-8-22/h4-6,9,12-15,22,36H,7-8,10-11H2,1-3H3,(H,31,35). The van der Waals surface area contributed by atoms with Crippen LogP contribution < -0.4 is 5.32 Å². The Kier molecular flexibility index (Phi) is 6.02. The van der Waals surface area contributed by atoms with Crippen molar-refractivity contribution in [3.63, 3.8) is 0 Å². The Morgan fingerprint density at radius 1 is 1.11 bits per heavy atom. The van der Waals surface area contributed by atoms with Gasteiger partial charge < -0.3 is 10.4 Å². The van der Waals surface area contributed by atoms with Crippen molar-refractivity contribution in [1.29, 1.82) is 5.26 Å². The van der Waals surface area contributed by atoms with Crippen molar-refractivity contribution >= 4 is 11.6 Å². The summed E-state index contributed by atoms with van der Waals surface area (Å²) in [5.74, 6) is -0.244. The second-order valence-electron chi connectivity index (χ2n) is 9.88. The largest absolute Gasteiger partial charge is 0.390 e. The molecule has 1 aliphatic carbocycles. The lowest BCUT2D eigenvalue weighted by atomic mass is 9.83. The summed E-state index contributed by atoms with van der Waals surface area (Å²) in [4.78, 5) is 22.4. The van der Waals surface area contributed by atoms with Crippen LogP contribution in [-0.4, -0.2) is 42.2 Å². The molecule has 36 heavy (non-hydrogen) atoms.